The van der Waals surface area contributed by atoms with Gasteiger partial charge < -0.3 is 4.74 Å². The van der Waals surface area contributed by atoms with Gasteiger partial charge in [0.2, 0.25) is 0 Å². The Morgan fingerprint density at radius 3 is 2.79 bits per heavy atom. The van der Waals surface area contributed by atoms with E-state index in [0.717, 1.165) is 11.8 Å². The first-order valence-electron chi connectivity index (χ1n) is 7.07. The molecule has 3 aromatic rings. The Kier molecular flexibility index (Phi) is 4.31. The molecule has 0 saturated carbocycles. The number of hydrogen-bond acceptors (Lipinski definition) is 4. The number of carbonyl (C=O) groups excluding carboxylic acids is 1. The number of esters is 1. The summed E-state index contributed by atoms with van der Waals surface area (Å²) in [6.45, 7) is 1.53. The van der Waals surface area contributed by atoms with Crippen molar-refractivity contribution in [3.05, 3.63) is 80.6 Å². The molecule has 0 N–H and O–H groups in total. The van der Waals surface area contributed by atoms with Gasteiger partial charge in [0.1, 0.15) is 23.6 Å². The Morgan fingerprint density at radius 2 is 2.04 bits per heavy atom. The van der Waals surface area contributed by atoms with Gasteiger partial charge in [-0.05, 0) is 31.2 Å². The number of fused-ring (bicyclic) bond motifs is 1. The fraction of sp³-hybridized carbons (Fsp3) is 0.118. The minimum Gasteiger partial charge on any atom is -0.455 e. The first-order chi connectivity index (χ1) is 11.5. The Bertz CT molecular complexity index is 981. The fourth-order valence-corrected chi connectivity index (χ4v) is 2.58. The van der Waals surface area contributed by atoms with Gasteiger partial charge in [-0.3, -0.25) is 9.20 Å². The maximum absolute atomic E-state index is 13.7. The third kappa shape index (κ3) is 3.00. The molecule has 1 aromatic carbocycles. The molecule has 0 saturated heterocycles. The normalized spacial score (nSPS) is 10.8. The van der Waals surface area contributed by atoms with Crippen LogP contribution in [0.2, 0.25) is 5.02 Å². The lowest BCUT2D eigenvalue weighted by Crippen LogP contribution is -2.18. The summed E-state index contributed by atoms with van der Waals surface area (Å²) in [5, 5.41) is -0.0397. The zero-order valence-corrected chi connectivity index (χ0v) is 13.4. The monoisotopic (exact) mass is 346 g/mol. The SMILES string of the molecule is Cc1cccc2nc(COC(=O)c3c(F)cccc3Cl)cc(=O)n12. The molecule has 0 atom stereocenters. The highest BCUT2D eigenvalue weighted by molar-refractivity contribution is 6.33. The molecule has 3 rings (SSSR count). The van der Waals surface area contributed by atoms with Crippen LogP contribution in [0, 0.1) is 12.7 Å². The summed E-state index contributed by atoms with van der Waals surface area (Å²) in [5.74, 6) is -1.68. The highest BCUT2D eigenvalue weighted by atomic mass is 35.5. The molecule has 0 aliphatic rings. The number of halogens is 2. The van der Waals surface area contributed by atoms with Crippen molar-refractivity contribution < 1.29 is 13.9 Å². The molecule has 7 heteroatoms. The minimum atomic E-state index is -0.913. The van der Waals surface area contributed by atoms with E-state index in [1.54, 1.807) is 25.1 Å². The van der Waals surface area contributed by atoms with Crippen LogP contribution < -0.4 is 5.56 Å². The van der Waals surface area contributed by atoms with Crippen LogP contribution in [0.25, 0.3) is 5.65 Å². The smallest absolute Gasteiger partial charge is 0.343 e. The van der Waals surface area contributed by atoms with Crippen molar-refractivity contribution in [2.24, 2.45) is 0 Å². The van der Waals surface area contributed by atoms with E-state index in [1.807, 2.05) is 0 Å². The maximum atomic E-state index is 13.7. The quantitative estimate of drug-likeness (QED) is 0.683. The second-order valence-electron chi connectivity index (χ2n) is 5.12. The molecular weight excluding hydrogens is 335 g/mol. The van der Waals surface area contributed by atoms with Crippen molar-refractivity contribution in [2.45, 2.75) is 13.5 Å². The molecule has 0 bridgehead atoms. The predicted octanol–water partition coefficient (Wildman–Crippen LogP) is 3.15. The van der Waals surface area contributed by atoms with Crippen molar-refractivity contribution in [3.8, 4) is 0 Å². The predicted molar refractivity (Wildman–Crippen MR) is 86.7 cm³/mol. The summed E-state index contributed by atoms with van der Waals surface area (Å²) in [4.78, 5) is 28.4. The van der Waals surface area contributed by atoms with Gasteiger partial charge in [-0.2, -0.15) is 0 Å². The van der Waals surface area contributed by atoms with Crippen LogP contribution >= 0.6 is 11.6 Å². The number of hydrogen-bond donors (Lipinski definition) is 0. The number of nitrogens with zero attached hydrogens (tertiary/aromatic N) is 2. The molecule has 0 aliphatic carbocycles. The number of aromatic nitrogens is 2. The molecule has 5 nitrogen and oxygen atoms in total. The molecule has 122 valence electrons. The number of benzene rings is 1. The molecule has 0 spiro atoms. The lowest BCUT2D eigenvalue weighted by molar-refractivity contribution is 0.0462. The van der Waals surface area contributed by atoms with E-state index in [2.05, 4.69) is 4.98 Å². The van der Waals surface area contributed by atoms with E-state index in [-0.39, 0.29) is 28.4 Å². The summed E-state index contributed by atoms with van der Waals surface area (Å²) in [7, 11) is 0. The number of rotatable bonds is 3. The molecule has 24 heavy (non-hydrogen) atoms. The third-order valence-electron chi connectivity index (χ3n) is 3.45. The van der Waals surface area contributed by atoms with Crippen LogP contribution in [-0.2, 0) is 11.3 Å². The number of carbonyl (C=O) groups is 1. The van der Waals surface area contributed by atoms with Crippen LogP contribution in [-0.4, -0.2) is 15.4 Å². The van der Waals surface area contributed by atoms with Gasteiger partial charge in [-0.25, -0.2) is 14.2 Å². The Balaban J connectivity index is 1.86. The largest absolute Gasteiger partial charge is 0.455 e. The van der Waals surface area contributed by atoms with E-state index < -0.39 is 11.8 Å². The van der Waals surface area contributed by atoms with Gasteiger partial charge in [0.15, 0.2) is 0 Å². The second-order valence-corrected chi connectivity index (χ2v) is 5.53. The Morgan fingerprint density at radius 1 is 1.29 bits per heavy atom. The maximum Gasteiger partial charge on any atom is 0.343 e. The van der Waals surface area contributed by atoms with Crippen LogP contribution in [0.5, 0.6) is 0 Å². The molecule has 0 aliphatic heterocycles. The third-order valence-corrected chi connectivity index (χ3v) is 3.77. The zero-order valence-electron chi connectivity index (χ0n) is 12.6. The summed E-state index contributed by atoms with van der Waals surface area (Å²) in [6, 6.07) is 10.4. The van der Waals surface area contributed by atoms with Gasteiger partial charge >= 0.3 is 5.97 Å². The van der Waals surface area contributed by atoms with Crippen molar-refractivity contribution in [1.82, 2.24) is 9.38 Å². The fourth-order valence-electron chi connectivity index (χ4n) is 2.34. The first-order valence-corrected chi connectivity index (χ1v) is 7.44. The van der Waals surface area contributed by atoms with Gasteiger partial charge in [0.05, 0.1) is 10.7 Å². The number of pyridine rings is 1. The molecule has 0 amide bonds. The second kappa shape index (κ2) is 6.41. The van der Waals surface area contributed by atoms with Gasteiger partial charge in [-0.15, -0.1) is 0 Å². The van der Waals surface area contributed by atoms with Gasteiger partial charge in [0.25, 0.3) is 5.56 Å². The molecule has 0 fully saturated rings. The molecule has 2 heterocycles. The van der Waals surface area contributed by atoms with E-state index >= 15 is 0 Å². The van der Waals surface area contributed by atoms with Crippen LogP contribution in [0.15, 0.2) is 47.3 Å². The first kappa shape index (κ1) is 16.1. The summed E-state index contributed by atoms with van der Waals surface area (Å²) < 4.78 is 20.2. The summed E-state index contributed by atoms with van der Waals surface area (Å²) in [6.07, 6.45) is 0. The Hall–Kier alpha value is -2.73. The highest BCUT2D eigenvalue weighted by Gasteiger charge is 2.17. The number of ether oxygens (including phenoxy) is 1. The average Bonchev–Trinajstić information content (AvgIpc) is 2.52. The molecule has 0 unspecified atom stereocenters. The lowest BCUT2D eigenvalue weighted by Gasteiger charge is -2.08. The lowest BCUT2D eigenvalue weighted by atomic mass is 10.2. The average molecular weight is 347 g/mol. The van der Waals surface area contributed by atoms with Crippen LogP contribution in [0.3, 0.4) is 0 Å². The zero-order chi connectivity index (χ0) is 17.3. The van der Waals surface area contributed by atoms with Gasteiger partial charge in [0, 0.05) is 11.8 Å². The van der Waals surface area contributed by atoms with Crippen molar-refractivity contribution in [2.75, 3.05) is 0 Å². The highest BCUT2D eigenvalue weighted by Crippen LogP contribution is 2.20. The van der Waals surface area contributed by atoms with E-state index in [0.29, 0.717) is 5.65 Å². The minimum absolute atomic E-state index is 0.0397. The van der Waals surface area contributed by atoms with E-state index in [9.17, 15) is 14.0 Å². The standard InChI is InChI=1S/C17H12ClFN2O3/c1-10-4-2-7-14-20-11(8-15(22)21(10)14)9-24-17(23)16-12(18)5-3-6-13(16)19/h2-8H,9H2,1H3. The van der Waals surface area contributed by atoms with Crippen molar-refractivity contribution >= 4 is 23.2 Å². The van der Waals surface area contributed by atoms with Crippen molar-refractivity contribution in [1.29, 1.82) is 0 Å². The molecule has 0 radical (unpaired) electrons. The van der Waals surface area contributed by atoms with E-state index in [1.165, 1.54) is 22.6 Å². The molecular formula is C17H12ClFN2O3. The molecule has 2 aromatic heterocycles. The Labute approximate surface area is 141 Å². The topological polar surface area (TPSA) is 60.7 Å². The van der Waals surface area contributed by atoms with E-state index in [4.69, 9.17) is 16.3 Å². The number of aryl methyl sites for hydroxylation is 1. The van der Waals surface area contributed by atoms with Crippen LogP contribution in [0.1, 0.15) is 21.7 Å². The summed E-state index contributed by atoms with van der Waals surface area (Å²) >= 11 is 5.82. The van der Waals surface area contributed by atoms with Gasteiger partial charge in [-0.1, -0.05) is 23.7 Å². The van der Waals surface area contributed by atoms with Crippen LogP contribution in [0.4, 0.5) is 4.39 Å². The summed E-state index contributed by atoms with van der Waals surface area (Å²) in [5.41, 5.74) is 0.830. The van der Waals surface area contributed by atoms with Crippen molar-refractivity contribution in [3.63, 3.8) is 0 Å².